The lowest BCUT2D eigenvalue weighted by Gasteiger charge is -2.09. The van der Waals surface area contributed by atoms with Crippen LogP contribution in [0.1, 0.15) is 11.5 Å². The molecule has 10 heteroatoms. The lowest BCUT2D eigenvalue weighted by molar-refractivity contribution is 0.390. The molecule has 0 saturated carbocycles. The first-order chi connectivity index (χ1) is 12.3. The molecule has 0 atom stereocenters. The summed E-state index contributed by atoms with van der Waals surface area (Å²) in [4.78, 5) is 3.93. The number of halogens is 2. The molecule has 3 rings (SSSR count). The zero-order valence-corrected chi connectivity index (χ0v) is 14.6. The van der Waals surface area contributed by atoms with E-state index in [0.717, 1.165) is 12.1 Å². The standard InChI is InChI=1S/C16H14F2N4O3S/c1-9-16(10(2)25-21-9)26(23,24)22-15-6-4-12(8-19-15)20-14-5-3-11(17)7-13(14)18/h3-8,20H,1-2H3,(H,19,22). The molecule has 136 valence electrons. The smallest absolute Gasteiger partial charge is 0.268 e. The van der Waals surface area contributed by atoms with Gasteiger partial charge in [-0.25, -0.2) is 22.2 Å². The van der Waals surface area contributed by atoms with Crippen LogP contribution in [0.15, 0.2) is 45.9 Å². The van der Waals surface area contributed by atoms with Crippen molar-refractivity contribution in [3.05, 3.63) is 59.6 Å². The molecule has 0 aliphatic heterocycles. The molecule has 1 aromatic carbocycles. The number of pyridine rings is 1. The molecule has 7 nitrogen and oxygen atoms in total. The molecule has 26 heavy (non-hydrogen) atoms. The molecule has 0 aliphatic rings. The van der Waals surface area contributed by atoms with Gasteiger partial charge >= 0.3 is 0 Å². The highest BCUT2D eigenvalue weighted by Gasteiger charge is 2.24. The van der Waals surface area contributed by atoms with Gasteiger partial charge in [0.2, 0.25) is 0 Å². The average molecular weight is 380 g/mol. The van der Waals surface area contributed by atoms with Crippen LogP contribution in [0.4, 0.5) is 26.0 Å². The highest BCUT2D eigenvalue weighted by molar-refractivity contribution is 7.92. The van der Waals surface area contributed by atoms with Crippen LogP contribution in [-0.4, -0.2) is 18.6 Å². The van der Waals surface area contributed by atoms with E-state index in [1.165, 1.54) is 38.2 Å². The largest absolute Gasteiger partial charge is 0.360 e. The second-order valence-corrected chi connectivity index (χ2v) is 7.06. The number of hydrogen-bond acceptors (Lipinski definition) is 6. The van der Waals surface area contributed by atoms with E-state index in [2.05, 4.69) is 20.2 Å². The SMILES string of the molecule is Cc1noc(C)c1S(=O)(=O)Nc1ccc(Nc2ccc(F)cc2F)cn1. The molecule has 0 unspecified atom stereocenters. The predicted octanol–water partition coefficient (Wildman–Crippen LogP) is 3.51. The molecule has 3 aromatic rings. The summed E-state index contributed by atoms with van der Waals surface area (Å²) in [5.41, 5.74) is 0.702. The van der Waals surface area contributed by atoms with E-state index < -0.39 is 21.7 Å². The Hall–Kier alpha value is -3.01. The molecule has 2 aromatic heterocycles. The quantitative estimate of drug-likeness (QED) is 0.703. The summed E-state index contributed by atoms with van der Waals surface area (Å²) in [5.74, 6) is -1.21. The van der Waals surface area contributed by atoms with Crippen molar-refractivity contribution in [2.45, 2.75) is 18.7 Å². The molecule has 0 aliphatic carbocycles. The van der Waals surface area contributed by atoms with Crippen LogP contribution in [-0.2, 0) is 10.0 Å². The summed E-state index contributed by atoms with van der Waals surface area (Å²) in [6.07, 6.45) is 1.31. The van der Waals surface area contributed by atoms with Gasteiger partial charge in [0.1, 0.15) is 23.1 Å². The van der Waals surface area contributed by atoms with Gasteiger partial charge in [0.25, 0.3) is 10.0 Å². The lowest BCUT2D eigenvalue weighted by atomic mass is 10.3. The van der Waals surface area contributed by atoms with Crippen molar-refractivity contribution in [1.82, 2.24) is 10.1 Å². The molecule has 2 heterocycles. The van der Waals surface area contributed by atoms with Crippen LogP contribution >= 0.6 is 0 Å². The number of rotatable bonds is 5. The van der Waals surface area contributed by atoms with Gasteiger partial charge in [-0.1, -0.05) is 5.16 Å². The number of anilines is 3. The zero-order chi connectivity index (χ0) is 18.9. The molecule has 2 N–H and O–H groups in total. The number of sulfonamides is 1. The van der Waals surface area contributed by atoms with E-state index in [-0.39, 0.29) is 27.9 Å². The summed E-state index contributed by atoms with van der Waals surface area (Å²) < 4.78 is 58.5. The van der Waals surface area contributed by atoms with E-state index in [4.69, 9.17) is 4.52 Å². The third-order valence-electron chi connectivity index (χ3n) is 3.45. The maximum Gasteiger partial charge on any atom is 0.268 e. The highest BCUT2D eigenvalue weighted by Crippen LogP contribution is 2.23. The summed E-state index contributed by atoms with van der Waals surface area (Å²) in [6, 6.07) is 6.02. The summed E-state index contributed by atoms with van der Waals surface area (Å²) in [6.45, 7) is 3.01. The fraction of sp³-hybridized carbons (Fsp3) is 0.125. The Morgan fingerprint density at radius 1 is 1.12 bits per heavy atom. The van der Waals surface area contributed by atoms with Crippen LogP contribution in [0, 0.1) is 25.5 Å². The fourth-order valence-electron chi connectivity index (χ4n) is 2.32. The second-order valence-electron chi connectivity index (χ2n) is 5.44. The Labute approximate surface area is 148 Å². The van der Waals surface area contributed by atoms with Crippen molar-refractivity contribution in [1.29, 1.82) is 0 Å². The van der Waals surface area contributed by atoms with Gasteiger partial charge in [-0.3, -0.25) is 4.72 Å². The highest BCUT2D eigenvalue weighted by atomic mass is 32.2. The van der Waals surface area contributed by atoms with Crippen LogP contribution in [0.25, 0.3) is 0 Å². The summed E-state index contributed by atoms with van der Waals surface area (Å²) in [5, 5.41) is 6.34. The topological polar surface area (TPSA) is 97.1 Å². The fourth-order valence-corrected chi connectivity index (χ4v) is 3.66. The van der Waals surface area contributed by atoms with Crippen molar-refractivity contribution in [2.75, 3.05) is 10.0 Å². The first-order valence-corrected chi connectivity index (χ1v) is 8.88. The molecule has 0 spiro atoms. The number of nitrogens with one attached hydrogen (secondary N) is 2. The van der Waals surface area contributed by atoms with Crippen molar-refractivity contribution >= 4 is 27.2 Å². The summed E-state index contributed by atoms with van der Waals surface area (Å²) in [7, 11) is -3.91. The van der Waals surface area contributed by atoms with E-state index in [1.807, 2.05) is 0 Å². The van der Waals surface area contributed by atoms with Gasteiger partial charge in [0.05, 0.1) is 17.6 Å². The molecular weight excluding hydrogens is 366 g/mol. The molecule has 0 saturated heterocycles. The van der Waals surface area contributed by atoms with Crippen LogP contribution in [0.2, 0.25) is 0 Å². The minimum Gasteiger partial charge on any atom is -0.360 e. The van der Waals surface area contributed by atoms with Crippen LogP contribution in [0.3, 0.4) is 0 Å². The number of aryl methyl sites for hydroxylation is 2. The Morgan fingerprint density at radius 2 is 1.88 bits per heavy atom. The molecule has 0 radical (unpaired) electrons. The third kappa shape index (κ3) is 3.64. The first-order valence-electron chi connectivity index (χ1n) is 7.40. The van der Waals surface area contributed by atoms with Crippen LogP contribution in [0.5, 0.6) is 0 Å². The van der Waals surface area contributed by atoms with Gasteiger partial charge in [-0.05, 0) is 38.1 Å². The minimum absolute atomic E-state index is 0.0464. The van der Waals surface area contributed by atoms with E-state index in [9.17, 15) is 17.2 Å². The summed E-state index contributed by atoms with van der Waals surface area (Å²) >= 11 is 0. The van der Waals surface area contributed by atoms with Gasteiger partial charge in [0.15, 0.2) is 10.7 Å². The van der Waals surface area contributed by atoms with Crippen molar-refractivity contribution < 1.29 is 21.7 Å². The zero-order valence-electron chi connectivity index (χ0n) is 13.7. The van der Waals surface area contributed by atoms with E-state index >= 15 is 0 Å². The first kappa shape index (κ1) is 17.8. The lowest BCUT2D eigenvalue weighted by Crippen LogP contribution is -2.15. The van der Waals surface area contributed by atoms with Gasteiger partial charge < -0.3 is 9.84 Å². The van der Waals surface area contributed by atoms with Crippen molar-refractivity contribution in [3.8, 4) is 0 Å². The predicted molar refractivity (Wildman–Crippen MR) is 90.7 cm³/mol. The van der Waals surface area contributed by atoms with Gasteiger partial charge in [0, 0.05) is 6.07 Å². The minimum atomic E-state index is -3.91. The number of nitrogens with zero attached hydrogens (tertiary/aromatic N) is 2. The third-order valence-corrected chi connectivity index (χ3v) is 5.05. The maximum absolute atomic E-state index is 13.6. The monoisotopic (exact) mass is 380 g/mol. The Kier molecular flexibility index (Phi) is 4.60. The second kappa shape index (κ2) is 6.71. The molecule has 0 amide bonds. The molecule has 0 bridgehead atoms. The maximum atomic E-state index is 13.6. The number of benzene rings is 1. The Balaban J connectivity index is 1.77. The Morgan fingerprint density at radius 3 is 2.46 bits per heavy atom. The van der Waals surface area contributed by atoms with Gasteiger partial charge in [-0.2, -0.15) is 0 Å². The van der Waals surface area contributed by atoms with E-state index in [1.54, 1.807) is 0 Å². The number of aromatic nitrogens is 2. The Bertz CT molecular complexity index is 1030. The van der Waals surface area contributed by atoms with Gasteiger partial charge in [-0.15, -0.1) is 0 Å². The number of hydrogen-bond donors (Lipinski definition) is 2. The van der Waals surface area contributed by atoms with Crippen molar-refractivity contribution in [2.24, 2.45) is 0 Å². The van der Waals surface area contributed by atoms with Crippen molar-refractivity contribution in [3.63, 3.8) is 0 Å². The van der Waals surface area contributed by atoms with E-state index in [0.29, 0.717) is 5.69 Å². The molecular formula is C16H14F2N4O3S. The van der Waals surface area contributed by atoms with Crippen LogP contribution < -0.4 is 10.0 Å². The average Bonchev–Trinajstić information content (AvgIpc) is 2.91. The normalized spacial score (nSPS) is 11.4. The molecule has 0 fully saturated rings.